The number of amides is 3. The van der Waals surface area contributed by atoms with E-state index in [1.807, 2.05) is 22.9 Å². The lowest BCUT2D eigenvalue weighted by Gasteiger charge is -2.11. The molecule has 3 N–H and O–H groups in total. The fourth-order valence-electron chi connectivity index (χ4n) is 3.88. The average molecular weight is 468 g/mol. The Morgan fingerprint density at radius 2 is 2.00 bits per heavy atom. The molecule has 6 rings (SSSR count). The Morgan fingerprint density at radius 3 is 2.69 bits per heavy atom. The van der Waals surface area contributed by atoms with Crippen LogP contribution in [-0.2, 0) is 9.59 Å². The zero-order valence-corrected chi connectivity index (χ0v) is 18.4. The summed E-state index contributed by atoms with van der Waals surface area (Å²) < 4.78 is 3.48. The van der Waals surface area contributed by atoms with Gasteiger partial charge in [0.05, 0.1) is 18.9 Å². The summed E-state index contributed by atoms with van der Waals surface area (Å²) >= 11 is 0. The number of carbonyl (C=O) groups is 3. The van der Waals surface area contributed by atoms with Crippen molar-refractivity contribution in [2.75, 3.05) is 10.6 Å². The van der Waals surface area contributed by atoms with E-state index in [0.29, 0.717) is 40.0 Å². The molecule has 35 heavy (non-hydrogen) atoms. The molecule has 1 saturated carbocycles. The summed E-state index contributed by atoms with van der Waals surface area (Å²) in [6.45, 7) is 0. The Kier molecular flexibility index (Phi) is 4.87. The van der Waals surface area contributed by atoms with Gasteiger partial charge in [-0.2, -0.15) is 9.61 Å². The van der Waals surface area contributed by atoms with Crippen LogP contribution in [0.4, 0.5) is 11.6 Å². The number of nitrogens with one attached hydrogen (secondary N) is 3. The van der Waals surface area contributed by atoms with Crippen molar-refractivity contribution in [3.05, 3.63) is 71.9 Å². The molecule has 2 fully saturated rings. The van der Waals surface area contributed by atoms with Gasteiger partial charge in [0.2, 0.25) is 5.91 Å². The van der Waals surface area contributed by atoms with Crippen LogP contribution in [0.15, 0.2) is 60.8 Å². The highest BCUT2D eigenvalue weighted by molar-refractivity contribution is 6.15. The van der Waals surface area contributed by atoms with Crippen molar-refractivity contribution in [2.45, 2.75) is 25.3 Å². The number of imidazole rings is 1. The summed E-state index contributed by atoms with van der Waals surface area (Å²) in [4.78, 5) is 45.2. The van der Waals surface area contributed by atoms with Crippen molar-refractivity contribution in [2.24, 2.45) is 0 Å². The summed E-state index contributed by atoms with van der Waals surface area (Å²) in [5.74, 6) is -0.0454. The largest absolute Gasteiger partial charge is 0.367 e. The van der Waals surface area contributed by atoms with Gasteiger partial charge >= 0.3 is 0 Å². The average Bonchev–Trinajstić information content (AvgIpc) is 3.20. The van der Waals surface area contributed by atoms with Gasteiger partial charge in [-0.3, -0.25) is 19.7 Å². The first-order valence-corrected chi connectivity index (χ1v) is 11.1. The molecule has 1 saturated heterocycles. The smallest absolute Gasteiger partial charge is 0.256 e. The maximum absolute atomic E-state index is 13.0. The van der Waals surface area contributed by atoms with E-state index in [9.17, 15) is 14.4 Å². The third kappa shape index (κ3) is 4.14. The number of carbonyl (C=O) groups excluding carboxylic acids is 3. The topological polar surface area (TPSA) is 135 Å². The Balaban J connectivity index is 1.32. The van der Waals surface area contributed by atoms with Crippen molar-refractivity contribution in [3.8, 4) is 5.69 Å². The van der Waals surface area contributed by atoms with Gasteiger partial charge in [-0.15, -0.1) is 0 Å². The van der Waals surface area contributed by atoms with Crippen LogP contribution < -0.4 is 16.0 Å². The molecule has 0 radical (unpaired) electrons. The molecule has 11 heteroatoms. The van der Waals surface area contributed by atoms with E-state index in [0.717, 1.165) is 18.5 Å². The minimum absolute atomic E-state index is 0.00878. The Bertz CT molecular complexity index is 1500. The van der Waals surface area contributed by atoms with Gasteiger partial charge in [0.25, 0.3) is 11.8 Å². The summed E-state index contributed by atoms with van der Waals surface area (Å²) in [5.41, 5.74) is 2.74. The highest BCUT2D eigenvalue weighted by atomic mass is 16.2. The van der Waals surface area contributed by atoms with Crippen molar-refractivity contribution < 1.29 is 14.4 Å². The quantitative estimate of drug-likeness (QED) is 0.291. The van der Waals surface area contributed by atoms with Crippen molar-refractivity contribution >= 4 is 41.1 Å². The van der Waals surface area contributed by atoms with Gasteiger partial charge in [0.15, 0.2) is 5.65 Å². The molecule has 1 aliphatic carbocycles. The van der Waals surface area contributed by atoms with Crippen LogP contribution in [0.1, 0.15) is 35.2 Å². The Labute approximate surface area is 198 Å². The van der Waals surface area contributed by atoms with E-state index < -0.39 is 5.91 Å². The van der Waals surface area contributed by atoms with E-state index in [2.05, 4.69) is 31.0 Å². The van der Waals surface area contributed by atoms with Gasteiger partial charge in [0, 0.05) is 46.9 Å². The Morgan fingerprint density at radius 1 is 1.17 bits per heavy atom. The van der Waals surface area contributed by atoms with E-state index in [1.165, 1.54) is 0 Å². The van der Waals surface area contributed by atoms with Crippen LogP contribution in [0.25, 0.3) is 17.4 Å². The van der Waals surface area contributed by atoms with Gasteiger partial charge in [0.1, 0.15) is 11.6 Å². The predicted octanol–water partition coefficient (Wildman–Crippen LogP) is 2.17. The molecule has 0 spiro atoms. The van der Waals surface area contributed by atoms with Gasteiger partial charge < -0.3 is 15.2 Å². The second-order valence-electron chi connectivity index (χ2n) is 8.48. The van der Waals surface area contributed by atoms with E-state index in [-0.39, 0.29) is 18.2 Å². The zero-order chi connectivity index (χ0) is 23.9. The lowest BCUT2D eigenvalue weighted by Crippen LogP contribution is -2.19. The number of benzene rings is 1. The molecular weight excluding hydrogens is 448 g/mol. The molecule has 3 aromatic heterocycles. The number of hydrogen-bond donors (Lipinski definition) is 3. The predicted molar refractivity (Wildman–Crippen MR) is 127 cm³/mol. The van der Waals surface area contributed by atoms with Crippen LogP contribution in [0.5, 0.6) is 0 Å². The minimum atomic E-state index is -0.422. The zero-order valence-electron chi connectivity index (χ0n) is 18.4. The third-order valence-corrected chi connectivity index (χ3v) is 5.83. The number of hydrogen-bond acceptors (Lipinski definition) is 7. The van der Waals surface area contributed by atoms with Crippen LogP contribution >= 0.6 is 0 Å². The lowest BCUT2D eigenvalue weighted by molar-refractivity contribution is -0.124. The number of aromatic nitrogens is 5. The summed E-state index contributed by atoms with van der Waals surface area (Å²) in [5, 5.41) is 12.9. The molecule has 0 bridgehead atoms. The Hall–Kier alpha value is -4.80. The first-order chi connectivity index (χ1) is 17.0. The molecule has 174 valence electrons. The molecule has 0 unspecified atom stereocenters. The first-order valence-electron chi connectivity index (χ1n) is 11.1. The van der Waals surface area contributed by atoms with E-state index in [1.54, 1.807) is 47.5 Å². The SMILES string of the molecule is O=C1C/C(=C\c2cnn3c(NC4CC4)cc(NC(=O)c4ccc(-n5ccnc5)cc4)nc23)C(=O)N1. The highest BCUT2D eigenvalue weighted by Gasteiger charge is 2.26. The molecule has 2 aliphatic rings. The number of fused-ring (bicyclic) bond motifs is 1. The normalized spacial score (nSPS) is 16.6. The number of imide groups is 1. The van der Waals surface area contributed by atoms with E-state index >= 15 is 0 Å². The van der Waals surface area contributed by atoms with E-state index in [4.69, 9.17) is 0 Å². The van der Waals surface area contributed by atoms with Gasteiger partial charge in [-0.25, -0.2) is 9.97 Å². The standard InChI is InChI=1S/C24H20N8O3/c33-21-10-15(24(35)30-21)9-16-12-26-32-20(27-17-3-4-17)11-19(28-22(16)32)29-23(34)14-1-5-18(6-2-14)31-8-7-25-13-31/h1-2,5-9,11-13,17,27H,3-4,10H2,(H,28,29,34)(H,30,33,35)/b15-9+. The lowest BCUT2D eigenvalue weighted by atomic mass is 10.1. The molecule has 1 aromatic carbocycles. The molecule has 4 aromatic rings. The molecular formula is C24H20N8O3. The summed E-state index contributed by atoms with van der Waals surface area (Å²) in [7, 11) is 0. The van der Waals surface area contributed by atoms with Crippen LogP contribution in [0, 0.1) is 0 Å². The maximum Gasteiger partial charge on any atom is 0.256 e. The summed E-state index contributed by atoms with van der Waals surface area (Å²) in [6.07, 6.45) is 10.5. The molecule has 4 heterocycles. The highest BCUT2D eigenvalue weighted by Crippen LogP contribution is 2.28. The molecule has 0 atom stereocenters. The van der Waals surface area contributed by atoms with Crippen molar-refractivity contribution in [3.63, 3.8) is 0 Å². The number of anilines is 2. The fourth-order valence-corrected chi connectivity index (χ4v) is 3.88. The monoisotopic (exact) mass is 468 g/mol. The maximum atomic E-state index is 13.0. The second-order valence-corrected chi connectivity index (χ2v) is 8.48. The molecule has 3 amide bonds. The number of rotatable bonds is 6. The minimum Gasteiger partial charge on any atom is -0.367 e. The fraction of sp³-hybridized carbons (Fsp3) is 0.167. The van der Waals surface area contributed by atoms with Gasteiger partial charge in [-0.05, 0) is 43.2 Å². The summed E-state index contributed by atoms with van der Waals surface area (Å²) in [6, 6.07) is 9.21. The molecule has 1 aliphatic heterocycles. The molecule has 11 nitrogen and oxygen atoms in total. The van der Waals surface area contributed by atoms with Crippen LogP contribution in [0.2, 0.25) is 0 Å². The van der Waals surface area contributed by atoms with Crippen molar-refractivity contribution in [1.82, 2.24) is 29.5 Å². The second kappa shape index (κ2) is 8.20. The van der Waals surface area contributed by atoms with Crippen LogP contribution in [0.3, 0.4) is 0 Å². The first kappa shape index (κ1) is 20.8. The van der Waals surface area contributed by atoms with Gasteiger partial charge in [-0.1, -0.05) is 0 Å². The van der Waals surface area contributed by atoms with Crippen molar-refractivity contribution in [1.29, 1.82) is 0 Å². The van der Waals surface area contributed by atoms with Crippen LogP contribution in [-0.4, -0.2) is 47.9 Å². The third-order valence-electron chi connectivity index (χ3n) is 5.83. The number of nitrogens with zero attached hydrogens (tertiary/aromatic N) is 5.